The van der Waals surface area contributed by atoms with E-state index in [1.54, 1.807) is 5.57 Å². The number of hydrogen-bond donors (Lipinski definition) is 0. The summed E-state index contributed by atoms with van der Waals surface area (Å²) >= 11 is 0. The van der Waals surface area contributed by atoms with Crippen LogP contribution in [0, 0.1) is 53.3 Å². The van der Waals surface area contributed by atoms with Crippen LogP contribution in [0.3, 0.4) is 0 Å². The van der Waals surface area contributed by atoms with Crippen LogP contribution in [0.2, 0.25) is 0 Å². The van der Waals surface area contributed by atoms with Gasteiger partial charge in [-0.15, -0.1) is 0 Å². The average Bonchev–Trinajstić information content (AvgIpc) is 3.20. The number of unbranched alkanes of at least 4 members (excludes halogenated alkanes) is 5. The van der Waals surface area contributed by atoms with Crippen molar-refractivity contribution in [3.63, 3.8) is 0 Å². The van der Waals surface area contributed by atoms with Crippen LogP contribution < -0.4 is 0 Å². The van der Waals surface area contributed by atoms with E-state index in [9.17, 15) is 0 Å². The molecule has 207 valence electrons. The standard InChI is InChI=1S/C35H61O/c1-7-8-9-10-11-12-24-36-29-20-22-34(5)28(25-29)16-17-30-32-19-18-31(27(4)15-13-14-26(2)3)35(32,6)23-21-33(30)34/h16,26-27,29-33H,1,7-15,17-25H2,2-6H3/t27-,29?,30+,31-,32+,33+,34+,35-/m1/s1. The minimum absolute atomic E-state index is 0.458. The summed E-state index contributed by atoms with van der Waals surface area (Å²) in [6, 6.07) is 0. The molecule has 0 aromatic carbocycles. The number of fused-ring (bicyclic) bond motifs is 5. The predicted octanol–water partition coefficient (Wildman–Crippen LogP) is 10.6. The van der Waals surface area contributed by atoms with E-state index in [-0.39, 0.29) is 0 Å². The lowest BCUT2D eigenvalue weighted by Gasteiger charge is -2.58. The van der Waals surface area contributed by atoms with Crippen molar-refractivity contribution in [2.75, 3.05) is 6.61 Å². The van der Waals surface area contributed by atoms with Gasteiger partial charge in [-0.05, 0) is 104 Å². The van der Waals surface area contributed by atoms with Crippen LogP contribution in [0.5, 0.6) is 0 Å². The average molecular weight is 498 g/mol. The minimum atomic E-state index is 0.458. The predicted molar refractivity (Wildman–Crippen MR) is 156 cm³/mol. The van der Waals surface area contributed by atoms with Crippen molar-refractivity contribution in [3.8, 4) is 0 Å². The highest BCUT2D eigenvalue weighted by Gasteiger charge is 2.59. The first-order valence-electron chi connectivity index (χ1n) is 16.4. The van der Waals surface area contributed by atoms with Crippen molar-refractivity contribution in [2.24, 2.45) is 46.3 Å². The van der Waals surface area contributed by atoms with E-state index in [4.69, 9.17) is 4.74 Å². The van der Waals surface area contributed by atoms with Crippen LogP contribution >= 0.6 is 0 Å². The summed E-state index contributed by atoms with van der Waals surface area (Å²) in [5.41, 5.74) is 2.85. The summed E-state index contributed by atoms with van der Waals surface area (Å²) in [5.74, 6) is 5.59. The molecule has 0 aromatic rings. The molecule has 3 saturated carbocycles. The molecule has 0 saturated heterocycles. The SMILES string of the molecule is [CH2]CCCCCCCOC1CC[C@@]2(C)C(=CC[C@H]3[C@@H]4CC[C@H]([C@H](C)CCCC(C)C)[C@@]4(C)CC[C@@H]32)C1. The Balaban J connectivity index is 1.31. The Labute approximate surface area is 226 Å². The molecule has 1 heteroatoms. The maximum Gasteiger partial charge on any atom is 0.0612 e. The van der Waals surface area contributed by atoms with Crippen molar-refractivity contribution >= 4 is 0 Å². The molecule has 3 fully saturated rings. The highest BCUT2D eigenvalue weighted by Crippen LogP contribution is 2.67. The molecule has 0 N–H and O–H groups in total. The second-order valence-electron chi connectivity index (χ2n) is 14.6. The van der Waals surface area contributed by atoms with Gasteiger partial charge in [-0.3, -0.25) is 0 Å². The quantitative estimate of drug-likeness (QED) is 0.181. The van der Waals surface area contributed by atoms with Gasteiger partial charge in [0.1, 0.15) is 0 Å². The largest absolute Gasteiger partial charge is 0.378 e. The fourth-order valence-corrected chi connectivity index (χ4v) is 9.85. The van der Waals surface area contributed by atoms with Gasteiger partial charge in [0.2, 0.25) is 0 Å². The highest BCUT2D eigenvalue weighted by molar-refractivity contribution is 5.25. The number of rotatable bonds is 13. The van der Waals surface area contributed by atoms with E-state index in [0.717, 1.165) is 48.5 Å². The summed E-state index contributed by atoms with van der Waals surface area (Å²) in [6.07, 6.45) is 26.4. The van der Waals surface area contributed by atoms with Gasteiger partial charge in [0.15, 0.2) is 0 Å². The highest BCUT2D eigenvalue weighted by atomic mass is 16.5. The molecule has 4 aliphatic rings. The maximum atomic E-state index is 6.44. The van der Waals surface area contributed by atoms with Crippen LogP contribution in [-0.4, -0.2) is 12.7 Å². The molecule has 0 amide bonds. The molecule has 1 unspecified atom stereocenters. The summed E-state index contributed by atoms with van der Waals surface area (Å²) in [5, 5.41) is 0. The van der Waals surface area contributed by atoms with Gasteiger partial charge in [0.05, 0.1) is 6.10 Å². The van der Waals surface area contributed by atoms with Crippen molar-refractivity contribution < 1.29 is 4.74 Å². The zero-order valence-electron chi connectivity index (χ0n) is 25.0. The van der Waals surface area contributed by atoms with Gasteiger partial charge in [-0.25, -0.2) is 0 Å². The Bertz CT molecular complexity index is 707. The lowest BCUT2D eigenvalue weighted by atomic mass is 9.47. The van der Waals surface area contributed by atoms with E-state index in [2.05, 4.69) is 47.6 Å². The first kappa shape index (κ1) is 28.7. The molecular formula is C35H61O. The second-order valence-corrected chi connectivity index (χ2v) is 14.6. The van der Waals surface area contributed by atoms with Gasteiger partial charge in [-0.2, -0.15) is 0 Å². The fourth-order valence-electron chi connectivity index (χ4n) is 9.85. The Morgan fingerprint density at radius 2 is 1.67 bits per heavy atom. The van der Waals surface area contributed by atoms with E-state index >= 15 is 0 Å². The molecule has 4 rings (SSSR count). The van der Waals surface area contributed by atoms with Crippen LogP contribution in [0.15, 0.2) is 11.6 Å². The molecule has 36 heavy (non-hydrogen) atoms. The Morgan fingerprint density at radius 1 is 0.889 bits per heavy atom. The van der Waals surface area contributed by atoms with Crippen LogP contribution in [0.4, 0.5) is 0 Å². The molecule has 8 atom stereocenters. The minimum Gasteiger partial charge on any atom is -0.378 e. The topological polar surface area (TPSA) is 9.23 Å². The van der Waals surface area contributed by atoms with Crippen molar-refractivity contribution in [3.05, 3.63) is 18.6 Å². The Morgan fingerprint density at radius 3 is 2.44 bits per heavy atom. The fraction of sp³-hybridized carbons (Fsp3) is 0.914. The first-order chi connectivity index (χ1) is 17.3. The van der Waals surface area contributed by atoms with Crippen LogP contribution in [0.25, 0.3) is 0 Å². The normalized spacial score (nSPS) is 38.9. The molecule has 0 spiro atoms. The van der Waals surface area contributed by atoms with Gasteiger partial charge in [0, 0.05) is 6.61 Å². The summed E-state index contributed by atoms with van der Waals surface area (Å²) in [6.45, 7) is 17.7. The van der Waals surface area contributed by atoms with Crippen LogP contribution in [-0.2, 0) is 4.74 Å². The van der Waals surface area contributed by atoms with Crippen molar-refractivity contribution in [1.29, 1.82) is 0 Å². The second kappa shape index (κ2) is 12.7. The lowest BCUT2D eigenvalue weighted by Crippen LogP contribution is -2.51. The Hall–Kier alpha value is -0.300. The van der Waals surface area contributed by atoms with Gasteiger partial charge < -0.3 is 4.74 Å². The summed E-state index contributed by atoms with van der Waals surface area (Å²) in [4.78, 5) is 0. The third-order valence-electron chi connectivity index (χ3n) is 12.0. The number of hydrogen-bond acceptors (Lipinski definition) is 1. The molecule has 4 aliphatic carbocycles. The molecule has 0 heterocycles. The zero-order valence-corrected chi connectivity index (χ0v) is 25.0. The van der Waals surface area contributed by atoms with Gasteiger partial charge in [-0.1, -0.05) is 105 Å². The smallest absolute Gasteiger partial charge is 0.0612 e. The van der Waals surface area contributed by atoms with Crippen LogP contribution in [0.1, 0.15) is 144 Å². The summed E-state index contributed by atoms with van der Waals surface area (Å²) < 4.78 is 6.44. The Kier molecular flexibility index (Phi) is 10.1. The van der Waals surface area contributed by atoms with E-state index in [1.807, 2.05) is 0 Å². The van der Waals surface area contributed by atoms with E-state index in [1.165, 1.54) is 103 Å². The molecule has 0 bridgehead atoms. The number of ether oxygens (including phenoxy) is 1. The molecule has 0 aromatic heterocycles. The summed E-state index contributed by atoms with van der Waals surface area (Å²) in [7, 11) is 0. The van der Waals surface area contributed by atoms with E-state index in [0.29, 0.717) is 16.9 Å². The monoisotopic (exact) mass is 497 g/mol. The third kappa shape index (κ3) is 6.13. The maximum absolute atomic E-state index is 6.44. The first-order valence-corrected chi connectivity index (χ1v) is 16.4. The molecule has 1 radical (unpaired) electrons. The lowest BCUT2D eigenvalue weighted by molar-refractivity contribution is -0.0641. The van der Waals surface area contributed by atoms with Crippen molar-refractivity contribution in [1.82, 2.24) is 0 Å². The molecular weight excluding hydrogens is 436 g/mol. The number of allylic oxidation sites excluding steroid dienone is 1. The molecule has 1 nitrogen and oxygen atoms in total. The van der Waals surface area contributed by atoms with Crippen molar-refractivity contribution in [2.45, 2.75) is 150 Å². The molecule has 0 aliphatic heterocycles. The van der Waals surface area contributed by atoms with E-state index < -0.39 is 0 Å². The zero-order chi connectivity index (χ0) is 25.8. The third-order valence-corrected chi connectivity index (χ3v) is 12.0. The van der Waals surface area contributed by atoms with Gasteiger partial charge in [0.25, 0.3) is 0 Å². The van der Waals surface area contributed by atoms with Gasteiger partial charge >= 0.3 is 0 Å².